The van der Waals surface area contributed by atoms with Crippen molar-refractivity contribution in [3.63, 3.8) is 0 Å². The number of carbonyl (C=O) groups is 2. The Morgan fingerprint density at radius 1 is 1.19 bits per heavy atom. The van der Waals surface area contributed by atoms with Gasteiger partial charge in [-0.3, -0.25) is 4.79 Å². The van der Waals surface area contributed by atoms with Gasteiger partial charge in [0.1, 0.15) is 0 Å². The first-order valence-corrected chi connectivity index (χ1v) is 5.01. The lowest BCUT2D eigenvalue weighted by Gasteiger charge is -2.07. The molecule has 4 nitrogen and oxygen atoms in total. The zero-order valence-corrected chi connectivity index (χ0v) is 9.30. The highest BCUT2D eigenvalue weighted by atomic mass is 16.7. The lowest BCUT2D eigenvalue weighted by Crippen LogP contribution is -2.17. The van der Waals surface area contributed by atoms with Gasteiger partial charge in [0.25, 0.3) is 0 Å². The van der Waals surface area contributed by atoms with E-state index in [0.717, 1.165) is 0 Å². The molecule has 0 heterocycles. The Bertz CT molecular complexity index is 357. The Labute approximate surface area is 94.2 Å². The van der Waals surface area contributed by atoms with Gasteiger partial charge < -0.3 is 9.47 Å². The van der Waals surface area contributed by atoms with E-state index in [1.54, 1.807) is 38.1 Å². The summed E-state index contributed by atoms with van der Waals surface area (Å²) in [5, 5.41) is 0. The molecule has 0 amide bonds. The average molecular weight is 222 g/mol. The van der Waals surface area contributed by atoms with Gasteiger partial charge in [-0.1, -0.05) is 30.3 Å². The fourth-order valence-electron chi connectivity index (χ4n) is 1.06. The molecule has 1 rings (SSSR count). The van der Waals surface area contributed by atoms with Crippen molar-refractivity contribution >= 4 is 11.9 Å². The molecular weight excluding hydrogens is 208 g/mol. The highest BCUT2D eigenvalue weighted by molar-refractivity contribution is 5.97. The number of ketones is 1. The Balaban J connectivity index is 2.39. The fourth-order valence-corrected chi connectivity index (χ4v) is 1.06. The van der Waals surface area contributed by atoms with Gasteiger partial charge in [0, 0.05) is 5.56 Å². The number of ether oxygens (including phenoxy) is 2. The number of Topliss-reactive ketones (excluding diaryl/α,β-unsaturated/α-hetero) is 1. The van der Waals surface area contributed by atoms with Crippen LogP contribution in [-0.4, -0.2) is 24.6 Å². The maximum atomic E-state index is 11.5. The zero-order valence-electron chi connectivity index (χ0n) is 9.30. The van der Waals surface area contributed by atoms with Gasteiger partial charge in [-0.25, -0.2) is 4.79 Å². The van der Waals surface area contributed by atoms with Crippen LogP contribution in [0.3, 0.4) is 0 Å². The molecule has 1 aromatic rings. The fraction of sp³-hybridized carbons (Fsp3) is 0.333. The van der Waals surface area contributed by atoms with Crippen molar-refractivity contribution in [3.8, 4) is 0 Å². The smallest absolute Gasteiger partial charge is 0.432 e. The minimum absolute atomic E-state index is 0.249. The number of hydrogen-bond donors (Lipinski definition) is 0. The van der Waals surface area contributed by atoms with E-state index < -0.39 is 6.16 Å². The van der Waals surface area contributed by atoms with Gasteiger partial charge in [-0.05, 0) is 13.8 Å². The molecule has 4 heteroatoms. The van der Waals surface area contributed by atoms with Crippen LogP contribution in [0.2, 0.25) is 0 Å². The third-order valence-corrected chi connectivity index (χ3v) is 1.75. The molecule has 0 unspecified atom stereocenters. The quantitative estimate of drug-likeness (QED) is 0.580. The molecule has 0 atom stereocenters. The van der Waals surface area contributed by atoms with E-state index in [1.165, 1.54) is 0 Å². The molecule has 86 valence electrons. The van der Waals surface area contributed by atoms with Gasteiger partial charge in [-0.2, -0.15) is 0 Å². The zero-order chi connectivity index (χ0) is 12.0. The first-order valence-electron chi connectivity index (χ1n) is 5.01. The van der Waals surface area contributed by atoms with Crippen molar-refractivity contribution in [2.45, 2.75) is 20.0 Å². The van der Waals surface area contributed by atoms with E-state index in [9.17, 15) is 9.59 Å². The summed E-state index contributed by atoms with van der Waals surface area (Å²) in [5.41, 5.74) is 0.514. The summed E-state index contributed by atoms with van der Waals surface area (Å²) in [6, 6.07) is 8.64. The van der Waals surface area contributed by atoms with E-state index in [1.807, 2.05) is 6.07 Å². The first kappa shape index (κ1) is 12.2. The summed E-state index contributed by atoms with van der Waals surface area (Å²) in [4.78, 5) is 22.5. The molecule has 0 aliphatic heterocycles. The van der Waals surface area contributed by atoms with E-state index in [0.29, 0.717) is 5.56 Å². The molecule has 16 heavy (non-hydrogen) atoms. The topological polar surface area (TPSA) is 52.6 Å². The molecule has 0 saturated heterocycles. The molecule has 0 aromatic heterocycles. The molecule has 1 aromatic carbocycles. The van der Waals surface area contributed by atoms with E-state index >= 15 is 0 Å². The summed E-state index contributed by atoms with van der Waals surface area (Å²) >= 11 is 0. The molecule has 0 bridgehead atoms. The van der Waals surface area contributed by atoms with Crippen molar-refractivity contribution in [1.29, 1.82) is 0 Å². The van der Waals surface area contributed by atoms with Crippen LogP contribution in [0.15, 0.2) is 30.3 Å². The highest BCUT2D eigenvalue weighted by Crippen LogP contribution is 2.01. The maximum Gasteiger partial charge on any atom is 0.508 e. The highest BCUT2D eigenvalue weighted by Gasteiger charge is 2.11. The Kier molecular flexibility index (Phi) is 4.51. The van der Waals surface area contributed by atoms with Gasteiger partial charge in [0.05, 0.1) is 6.10 Å². The van der Waals surface area contributed by atoms with Crippen LogP contribution in [0.1, 0.15) is 24.2 Å². The Morgan fingerprint density at radius 3 is 2.38 bits per heavy atom. The van der Waals surface area contributed by atoms with Crippen molar-refractivity contribution in [2.24, 2.45) is 0 Å². The first-order chi connectivity index (χ1) is 7.59. The summed E-state index contributed by atoms with van der Waals surface area (Å²) < 4.78 is 9.38. The molecule has 0 spiro atoms. The number of hydrogen-bond acceptors (Lipinski definition) is 4. The third-order valence-electron chi connectivity index (χ3n) is 1.75. The average Bonchev–Trinajstić information content (AvgIpc) is 2.26. The second kappa shape index (κ2) is 5.90. The number of carbonyl (C=O) groups excluding carboxylic acids is 2. The predicted octanol–water partition coefficient (Wildman–Crippen LogP) is 2.43. The summed E-state index contributed by atoms with van der Waals surface area (Å²) in [6.45, 7) is 3.12. The predicted molar refractivity (Wildman–Crippen MR) is 58.3 cm³/mol. The Morgan fingerprint density at radius 2 is 1.81 bits per heavy atom. The van der Waals surface area contributed by atoms with Crippen LogP contribution in [0.4, 0.5) is 4.79 Å². The van der Waals surface area contributed by atoms with Gasteiger partial charge in [-0.15, -0.1) is 0 Å². The minimum atomic E-state index is -0.820. The molecule has 0 aliphatic rings. The summed E-state index contributed by atoms with van der Waals surface area (Å²) in [6.07, 6.45) is -1.07. The van der Waals surface area contributed by atoms with Crippen LogP contribution in [-0.2, 0) is 9.47 Å². The number of rotatable bonds is 4. The van der Waals surface area contributed by atoms with Crippen LogP contribution in [0.5, 0.6) is 0 Å². The minimum Gasteiger partial charge on any atom is -0.432 e. The van der Waals surface area contributed by atoms with Gasteiger partial charge >= 0.3 is 6.16 Å². The second-order valence-corrected chi connectivity index (χ2v) is 3.49. The van der Waals surface area contributed by atoms with Crippen LogP contribution in [0, 0.1) is 0 Å². The van der Waals surface area contributed by atoms with Gasteiger partial charge in [0.2, 0.25) is 0 Å². The van der Waals surface area contributed by atoms with Crippen LogP contribution in [0.25, 0.3) is 0 Å². The van der Waals surface area contributed by atoms with Gasteiger partial charge in [0.15, 0.2) is 12.4 Å². The Hall–Kier alpha value is -1.84. The lowest BCUT2D eigenvalue weighted by atomic mass is 10.1. The second-order valence-electron chi connectivity index (χ2n) is 3.49. The molecule has 0 fully saturated rings. The van der Waals surface area contributed by atoms with Crippen molar-refractivity contribution in [1.82, 2.24) is 0 Å². The largest absolute Gasteiger partial charge is 0.508 e. The van der Waals surface area contributed by atoms with Crippen LogP contribution >= 0.6 is 0 Å². The lowest BCUT2D eigenvalue weighted by molar-refractivity contribution is 0.0332. The monoisotopic (exact) mass is 222 g/mol. The van der Waals surface area contributed by atoms with Crippen molar-refractivity contribution in [3.05, 3.63) is 35.9 Å². The van der Waals surface area contributed by atoms with E-state index in [-0.39, 0.29) is 18.5 Å². The SMILES string of the molecule is CC(C)OC(=O)OCC(=O)c1ccccc1. The van der Waals surface area contributed by atoms with Crippen molar-refractivity contribution in [2.75, 3.05) is 6.61 Å². The standard InChI is InChI=1S/C12H14O4/c1-9(2)16-12(14)15-8-11(13)10-6-4-3-5-7-10/h3-7,9H,8H2,1-2H3. The molecule has 0 N–H and O–H groups in total. The molecule has 0 saturated carbocycles. The number of benzene rings is 1. The summed E-state index contributed by atoms with van der Waals surface area (Å²) in [7, 11) is 0. The van der Waals surface area contributed by atoms with Crippen molar-refractivity contribution < 1.29 is 19.1 Å². The molecule has 0 aliphatic carbocycles. The molecular formula is C12H14O4. The van der Waals surface area contributed by atoms with Crippen LogP contribution < -0.4 is 0 Å². The van der Waals surface area contributed by atoms with E-state index in [2.05, 4.69) is 4.74 Å². The maximum absolute atomic E-state index is 11.5. The molecule has 0 radical (unpaired) electrons. The van der Waals surface area contributed by atoms with E-state index in [4.69, 9.17) is 4.74 Å². The third kappa shape index (κ3) is 4.13. The summed E-state index contributed by atoms with van der Waals surface area (Å²) in [5.74, 6) is -0.249. The normalized spacial score (nSPS) is 9.94.